The van der Waals surface area contributed by atoms with E-state index in [4.69, 9.17) is 14.2 Å². The molecule has 6 heteroatoms. The van der Waals surface area contributed by atoms with Crippen LogP contribution in [0.1, 0.15) is 201 Å². The van der Waals surface area contributed by atoms with Crippen LogP contribution in [0.3, 0.4) is 0 Å². The summed E-state index contributed by atoms with van der Waals surface area (Å²) in [7, 11) is 0. The summed E-state index contributed by atoms with van der Waals surface area (Å²) in [6, 6.07) is 0. The molecule has 0 amide bonds. The van der Waals surface area contributed by atoms with Gasteiger partial charge < -0.3 is 14.2 Å². The van der Waals surface area contributed by atoms with Gasteiger partial charge in [0.15, 0.2) is 6.10 Å². The molecule has 0 aliphatic heterocycles. The highest BCUT2D eigenvalue weighted by Crippen LogP contribution is 2.12. The summed E-state index contributed by atoms with van der Waals surface area (Å²) >= 11 is 0. The van der Waals surface area contributed by atoms with Crippen LogP contribution in [-0.2, 0) is 28.6 Å². The number of hydrogen-bond acceptors (Lipinski definition) is 6. The van der Waals surface area contributed by atoms with Crippen molar-refractivity contribution in [3.63, 3.8) is 0 Å². The summed E-state index contributed by atoms with van der Waals surface area (Å²) in [5.74, 6) is -0.952. The van der Waals surface area contributed by atoms with Crippen molar-refractivity contribution in [2.75, 3.05) is 13.2 Å². The standard InChI is InChI=1S/C53H86O6/c1-4-7-10-13-15-17-19-21-23-24-25-26-27-28-30-31-33-35-37-40-43-46-52(55)58-49-50(48-57-51(54)45-42-39-12-9-6-3)59-53(56)47-44-41-38-36-34-32-29-22-20-18-16-14-11-8-5-2/h7-8,10-11,15-18,21-23,25-26,28-30,50H,4-6,9,12-14,19-20,24,27,31-49H2,1-3H3/b10-7-,11-8-,17-15-,18-16-,23-21-,26-25-,29-22-,30-28-. The first kappa shape index (κ1) is 55.3. The van der Waals surface area contributed by atoms with Gasteiger partial charge in [0.2, 0.25) is 0 Å². The van der Waals surface area contributed by atoms with E-state index in [1.165, 1.54) is 0 Å². The number of carbonyl (C=O) groups excluding carboxylic acids is 3. The maximum Gasteiger partial charge on any atom is 0.306 e. The summed E-state index contributed by atoms with van der Waals surface area (Å²) in [5.41, 5.74) is 0. The van der Waals surface area contributed by atoms with Gasteiger partial charge in [0.05, 0.1) is 0 Å². The van der Waals surface area contributed by atoms with Crippen LogP contribution in [-0.4, -0.2) is 37.2 Å². The van der Waals surface area contributed by atoms with Crippen LogP contribution in [0.2, 0.25) is 0 Å². The summed E-state index contributed by atoms with van der Waals surface area (Å²) in [6.45, 7) is 6.27. The van der Waals surface area contributed by atoms with Crippen LogP contribution in [0.5, 0.6) is 0 Å². The normalized spacial score (nSPS) is 12.9. The summed E-state index contributed by atoms with van der Waals surface area (Å²) < 4.78 is 16.6. The number of carbonyl (C=O) groups is 3. The van der Waals surface area contributed by atoms with Crippen LogP contribution >= 0.6 is 0 Å². The second-order valence-corrected chi connectivity index (χ2v) is 15.3. The van der Waals surface area contributed by atoms with Crippen LogP contribution in [0.15, 0.2) is 97.2 Å². The Morgan fingerprint density at radius 1 is 0.356 bits per heavy atom. The van der Waals surface area contributed by atoms with E-state index in [1.54, 1.807) is 0 Å². The van der Waals surface area contributed by atoms with Gasteiger partial charge in [-0.3, -0.25) is 14.4 Å². The molecular weight excluding hydrogens is 733 g/mol. The molecule has 6 nitrogen and oxygen atoms in total. The van der Waals surface area contributed by atoms with Gasteiger partial charge in [-0.2, -0.15) is 0 Å². The molecule has 0 radical (unpaired) electrons. The van der Waals surface area contributed by atoms with E-state index >= 15 is 0 Å². The zero-order valence-corrected chi connectivity index (χ0v) is 38.0. The van der Waals surface area contributed by atoms with Gasteiger partial charge in [-0.25, -0.2) is 0 Å². The first-order chi connectivity index (χ1) is 29.0. The molecule has 0 heterocycles. The molecule has 0 aliphatic rings. The predicted molar refractivity (Wildman–Crippen MR) is 251 cm³/mol. The van der Waals surface area contributed by atoms with Crippen LogP contribution < -0.4 is 0 Å². The number of ether oxygens (including phenoxy) is 3. The third kappa shape index (κ3) is 45.3. The van der Waals surface area contributed by atoms with Crippen molar-refractivity contribution in [1.82, 2.24) is 0 Å². The molecule has 59 heavy (non-hydrogen) atoms. The van der Waals surface area contributed by atoms with E-state index in [2.05, 4.69) is 118 Å². The molecule has 0 aliphatic carbocycles. The number of unbranched alkanes of at least 4 members (excludes halogenated alkanes) is 14. The van der Waals surface area contributed by atoms with E-state index in [0.717, 1.165) is 161 Å². The second kappa shape index (κ2) is 47.0. The Bertz CT molecular complexity index is 1220. The number of esters is 3. The van der Waals surface area contributed by atoms with Gasteiger partial charge in [-0.15, -0.1) is 0 Å². The summed E-state index contributed by atoms with van der Waals surface area (Å²) in [4.78, 5) is 37.6. The summed E-state index contributed by atoms with van der Waals surface area (Å²) in [5, 5.41) is 0. The van der Waals surface area contributed by atoms with Crippen molar-refractivity contribution in [3.8, 4) is 0 Å². The predicted octanol–water partition coefficient (Wildman–Crippen LogP) is 15.4. The fourth-order valence-corrected chi connectivity index (χ4v) is 6.07. The molecule has 0 fully saturated rings. The second-order valence-electron chi connectivity index (χ2n) is 15.3. The maximum atomic E-state index is 12.7. The van der Waals surface area contributed by atoms with Crippen molar-refractivity contribution in [3.05, 3.63) is 97.2 Å². The zero-order chi connectivity index (χ0) is 43.0. The van der Waals surface area contributed by atoms with Gasteiger partial charge in [-0.05, 0) is 96.3 Å². The third-order valence-electron chi connectivity index (χ3n) is 9.58. The SMILES string of the molecule is CC/C=C\C/C=C\C/C=C\C/C=C\C/C=C\CCCCCCCC(=O)OCC(COC(=O)CCCCCCC)OC(=O)CCCCCCC/C=C\C/C=C\C/C=C\CC. The quantitative estimate of drug-likeness (QED) is 0.0265. The molecule has 0 aromatic rings. The fraction of sp³-hybridized carbons (Fsp3) is 0.642. The number of allylic oxidation sites excluding steroid dienone is 16. The van der Waals surface area contributed by atoms with Gasteiger partial charge in [-0.1, -0.05) is 182 Å². The molecule has 0 N–H and O–H groups in total. The lowest BCUT2D eigenvalue weighted by molar-refractivity contribution is -0.167. The Kier molecular flexibility index (Phi) is 44.1. The molecule has 0 saturated heterocycles. The Morgan fingerprint density at radius 3 is 1.03 bits per heavy atom. The molecule has 334 valence electrons. The first-order valence-electron chi connectivity index (χ1n) is 23.7. The molecule has 0 aromatic carbocycles. The highest BCUT2D eigenvalue weighted by Gasteiger charge is 2.19. The van der Waals surface area contributed by atoms with Crippen LogP contribution in [0.4, 0.5) is 0 Å². The first-order valence-corrected chi connectivity index (χ1v) is 23.7. The van der Waals surface area contributed by atoms with E-state index in [-0.39, 0.29) is 31.1 Å². The molecule has 0 spiro atoms. The average Bonchev–Trinajstić information content (AvgIpc) is 3.23. The van der Waals surface area contributed by atoms with E-state index in [1.807, 2.05) is 0 Å². The van der Waals surface area contributed by atoms with Gasteiger partial charge in [0.25, 0.3) is 0 Å². The number of rotatable bonds is 41. The third-order valence-corrected chi connectivity index (χ3v) is 9.58. The van der Waals surface area contributed by atoms with E-state index in [0.29, 0.717) is 19.3 Å². The minimum Gasteiger partial charge on any atom is -0.462 e. The number of hydrogen-bond donors (Lipinski definition) is 0. The Balaban J connectivity index is 4.27. The van der Waals surface area contributed by atoms with E-state index < -0.39 is 6.10 Å². The van der Waals surface area contributed by atoms with Gasteiger partial charge in [0, 0.05) is 19.3 Å². The summed E-state index contributed by atoms with van der Waals surface area (Å²) in [6.07, 6.45) is 61.3. The lowest BCUT2D eigenvalue weighted by Crippen LogP contribution is -2.30. The topological polar surface area (TPSA) is 78.9 Å². The monoisotopic (exact) mass is 819 g/mol. The van der Waals surface area contributed by atoms with Crippen molar-refractivity contribution in [2.24, 2.45) is 0 Å². The van der Waals surface area contributed by atoms with Crippen LogP contribution in [0, 0.1) is 0 Å². The van der Waals surface area contributed by atoms with Gasteiger partial charge in [0.1, 0.15) is 13.2 Å². The highest BCUT2D eigenvalue weighted by atomic mass is 16.6. The minimum absolute atomic E-state index is 0.0933. The lowest BCUT2D eigenvalue weighted by Gasteiger charge is -2.18. The van der Waals surface area contributed by atoms with Crippen molar-refractivity contribution in [2.45, 2.75) is 207 Å². The lowest BCUT2D eigenvalue weighted by atomic mass is 10.1. The molecule has 1 atom stereocenters. The Morgan fingerprint density at radius 2 is 0.661 bits per heavy atom. The molecular formula is C53H86O6. The highest BCUT2D eigenvalue weighted by molar-refractivity contribution is 5.71. The minimum atomic E-state index is -0.791. The van der Waals surface area contributed by atoms with Crippen molar-refractivity contribution < 1.29 is 28.6 Å². The largest absolute Gasteiger partial charge is 0.462 e. The Hall–Kier alpha value is -3.67. The Labute approximate surface area is 362 Å². The zero-order valence-electron chi connectivity index (χ0n) is 38.0. The molecule has 0 rings (SSSR count). The molecule has 1 unspecified atom stereocenters. The van der Waals surface area contributed by atoms with E-state index in [9.17, 15) is 14.4 Å². The van der Waals surface area contributed by atoms with Gasteiger partial charge >= 0.3 is 17.9 Å². The molecule has 0 bridgehead atoms. The average molecular weight is 819 g/mol. The van der Waals surface area contributed by atoms with Crippen molar-refractivity contribution in [1.29, 1.82) is 0 Å². The van der Waals surface area contributed by atoms with Crippen molar-refractivity contribution >= 4 is 17.9 Å². The smallest absolute Gasteiger partial charge is 0.306 e. The fourth-order valence-electron chi connectivity index (χ4n) is 6.07. The maximum absolute atomic E-state index is 12.7. The molecule has 0 saturated carbocycles. The van der Waals surface area contributed by atoms with Crippen LogP contribution in [0.25, 0.3) is 0 Å². The molecule has 0 aromatic heterocycles.